The highest BCUT2D eigenvalue weighted by molar-refractivity contribution is 7.89. The largest absolute Gasteiger partial charge is 0.483 e. The molecule has 1 fully saturated rings. The Kier molecular flexibility index (Phi) is 5.90. The van der Waals surface area contributed by atoms with Crippen molar-refractivity contribution in [2.24, 2.45) is 0 Å². The SMILES string of the molecule is CN1C(=O)CN(c2ccc(S(=O)(=O)N(C)C)cc2OCC(=O)c2ccccc2)C1=O. The van der Waals surface area contributed by atoms with Crippen LogP contribution in [0.15, 0.2) is 53.4 Å². The Hall–Kier alpha value is -3.24. The molecule has 0 aliphatic carbocycles. The first-order valence-electron chi connectivity index (χ1n) is 8.98. The van der Waals surface area contributed by atoms with Gasteiger partial charge in [0.2, 0.25) is 15.9 Å². The van der Waals surface area contributed by atoms with Gasteiger partial charge in [0.1, 0.15) is 12.3 Å². The van der Waals surface area contributed by atoms with Crippen molar-refractivity contribution in [3.8, 4) is 5.75 Å². The molecular weight excluding hydrogens is 410 g/mol. The van der Waals surface area contributed by atoms with E-state index in [9.17, 15) is 22.8 Å². The van der Waals surface area contributed by atoms with Gasteiger partial charge in [-0.05, 0) is 12.1 Å². The highest BCUT2D eigenvalue weighted by atomic mass is 32.2. The summed E-state index contributed by atoms with van der Waals surface area (Å²) in [5.41, 5.74) is 0.638. The fourth-order valence-corrected chi connectivity index (χ4v) is 3.76. The van der Waals surface area contributed by atoms with Crippen molar-refractivity contribution in [1.82, 2.24) is 9.21 Å². The third-order valence-electron chi connectivity index (χ3n) is 4.64. The van der Waals surface area contributed by atoms with Gasteiger partial charge in [0, 0.05) is 32.8 Å². The van der Waals surface area contributed by atoms with Crippen LogP contribution in [0.1, 0.15) is 10.4 Å². The summed E-state index contributed by atoms with van der Waals surface area (Å²) < 4.78 is 31.7. The van der Waals surface area contributed by atoms with Crippen LogP contribution in [0, 0.1) is 0 Å². The summed E-state index contributed by atoms with van der Waals surface area (Å²) in [6, 6.07) is 11.9. The van der Waals surface area contributed by atoms with E-state index in [-0.39, 0.29) is 35.3 Å². The quantitative estimate of drug-likeness (QED) is 0.487. The Morgan fingerprint density at radius 1 is 1.10 bits per heavy atom. The molecule has 1 aliphatic heterocycles. The molecule has 0 saturated carbocycles. The molecule has 0 unspecified atom stereocenters. The molecule has 0 atom stereocenters. The van der Waals surface area contributed by atoms with Gasteiger partial charge in [0.15, 0.2) is 12.4 Å². The molecule has 0 bridgehead atoms. The molecule has 9 nitrogen and oxygen atoms in total. The Morgan fingerprint density at radius 2 is 1.77 bits per heavy atom. The number of hydrogen-bond donors (Lipinski definition) is 0. The van der Waals surface area contributed by atoms with Gasteiger partial charge in [-0.1, -0.05) is 30.3 Å². The molecule has 1 aliphatic rings. The first kappa shape index (κ1) is 21.5. The van der Waals surface area contributed by atoms with Crippen LogP contribution in [0.3, 0.4) is 0 Å². The van der Waals surface area contributed by atoms with E-state index >= 15 is 0 Å². The van der Waals surface area contributed by atoms with Gasteiger partial charge < -0.3 is 4.74 Å². The van der Waals surface area contributed by atoms with Gasteiger partial charge in [-0.3, -0.25) is 19.4 Å². The molecule has 0 N–H and O–H groups in total. The average Bonchev–Trinajstić information content (AvgIpc) is 2.99. The highest BCUT2D eigenvalue weighted by Gasteiger charge is 2.36. The van der Waals surface area contributed by atoms with Crippen molar-refractivity contribution in [2.45, 2.75) is 4.90 Å². The van der Waals surface area contributed by atoms with Crippen molar-refractivity contribution in [1.29, 1.82) is 0 Å². The maximum Gasteiger partial charge on any atom is 0.331 e. The molecule has 1 heterocycles. The summed E-state index contributed by atoms with van der Waals surface area (Å²) in [4.78, 5) is 38.8. The van der Waals surface area contributed by atoms with E-state index in [0.29, 0.717) is 5.56 Å². The summed E-state index contributed by atoms with van der Waals surface area (Å²) in [6.07, 6.45) is 0. The van der Waals surface area contributed by atoms with Crippen LogP contribution in [0.25, 0.3) is 0 Å². The maximum atomic E-state index is 12.5. The molecule has 2 aromatic carbocycles. The number of imide groups is 1. The lowest BCUT2D eigenvalue weighted by Gasteiger charge is -2.20. The van der Waals surface area contributed by atoms with Crippen LogP contribution in [0.2, 0.25) is 0 Å². The Morgan fingerprint density at radius 3 is 2.33 bits per heavy atom. The Bertz CT molecular complexity index is 1100. The van der Waals surface area contributed by atoms with E-state index in [1.54, 1.807) is 30.3 Å². The third kappa shape index (κ3) is 4.05. The molecule has 0 radical (unpaired) electrons. The molecule has 0 spiro atoms. The van der Waals surface area contributed by atoms with Crippen LogP contribution >= 0.6 is 0 Å². The van der Waals surface area contributed by atoms with Crippen LogP contribution in [0.4, 0.5) is 10.5 Å². The van der Waals surface area contributed by atoms with Crippen molar-refractivity contribution < 1.29 is 27.5 Å². The fourth-order valence-electron chi connectivity index (χ4n) is 2.84. The molecule has 3 rings (SSSR count). The molecule has 10 heteroatoms. The lowest BCUT2D eigenvalue weighted by molar-refractivity contribution is -0.123. The highest BCUT2D eigenvalue weighted by Crippen LogP contribution is 2.34. The van der Waals surface area contributed by atoms with Crippen molar-refractivity contribution >= 4 is 33.4 Å². The number of Topliss-reactive ketones (excluding diaryl/α,β-unsaturated/α-hetero) is 1. The number of urea groups is 1. The van der Waals surface area contributed by atoms with E-state index < -0.39 is 22.0 Å². The summed E-state index contributed by atoms with van der Waals surface area (Å²) in [5, 5.41) is 0. The lowest BCUT2D eigenvalue weighted by atomic mass is 10.1. The summed E-state index contributed by atoms with van der Waals surface area (Å²) in [5.74, 6) is -0.710. The first-order chi connectivity index (χ1) is 14.1. The Balaban J connectivity index is 1.97. The van der Waals surface area contributed by atoms with Gasteiger partial charge in [0.25, 0.3) is 0 Å². The minimum absolute atomic E-state index is 0.0126. The zero-order valence-corrected chi connectivity index (χ0v) is 17.5. The van der Waals surface area contributed by atoms with Crippen molar-refractivity contribution in [3.05, 3.63) is 54.1 Å². The number of nitrogens with zero attached hydrogens (tertiary/aromatic N) is 3. The van der Waals surface area contributed by atoms with Gasteiger partial charge in [-0.2, -0.15) is 0 Å². The normalized spacial score (nSPS) is 14.5. The predicted octanol–water partition coefficient (Wildman–Crippen LogP) is 1.60. The monoisotopic (exact) mass is 431 g/mol. The molecular formula is C20H21N3O6S. The number of ketones is 1. The van der Waals surface area contributed by atoms with E-state index in [1.165, 1.54) is 44.2 Å². The number of ether oxygens (including phenoxy) is 1. The van der Waals surface area contributed by atoms with Crippen LogP contribution in [-0.2, 0) is 14.8 Å². The number of benzene rings is 2. The average molecular weight is 431 g/mol. The van der Waals surface area contributed by atoms with E-state index in [1.807, 2.05) is 0 Å². The second-order valence-electron chi connectivity index (χ2n) is 6.82. The molecule has 3 amide bonds. The van der Waals surface area contributed by atoms with Crippen LogP contribution in [0.5, 0.6) is 5.75 Å². The van der Waals surface area contributed by atoms with Gasteiger partial charge in [0.05, 0.1) is 10.6 Å². The smallest absolute Gasteiger partial charge is 0.331 e. The van der Waals surface area contributed by atoms with E-state index in [0.717, 1.165) is 9.21 Å². The number of sulfonamides is 1. The lowest BCUT2D eigenvalue weighted by Crippen LogP contribution is -2.30. The number of carbonyl (C=O) groups excluding carboxylic acids is 3. The molecule has 1 saturated heterocycles. The van der Waals surface area contributed by atoms with Crippen molar-refractivity contribution in [2.75, 3.05) is 39.2 Å². The summed E-state index contributed by atoms with van der Waals surface area (Å²) in [7, 11) is 0.357. The van der Waals surface area contributed by atoms with Crippen LogP contribution in [-0.4, -0.2) is 69.6 Å². The zero-order valence-electron chi connectivity index (χ0n) is 16.7. The second-order valence-corrected chi connectivity index (χ2v) is 8.97. The number of rotatable bonds is 7. The molecule has 2 aromatic rings. The van der Waals surface area contributed by atoms with Gasteiger partial charge >= 0.3 is 6.03 Å². The number of likely N-dealkylation sites (N-methyl/N-ethyl adjacent to an activating group) is 1. The zero-order chi connectivity index (χ0) is 22.1. The summed E-state index contributed by atoms with van der Waals surface area (Å²) >= 11 is 0. The van der Waals surface area contributed by atoms with E-state index in [2.05, 4.69) is 0 Å². The van der Waals surface area contributed by atoms with Gasteiger partial charge in [-0.25, -0.2) is 17.5 Å². The molecule has 0 aromatic heterocycles. The maximum absolute atomic E-state index is 12.5. The van der Waals surface area contributed by atoms with Crippen molar-refractivity contribution in [3.63, 3.8) is 0 Å². The third-order valence-corrected chi connectivity index (χ3v) is 6.45. The fraction of sp³-hybridized carbons (Fsp3) is 0.250. The summed E-state index contributed by atoms with van der Waals surface area (Å²) in [6.45, 7) is -0.577. The minimum atomic E-state index is -3.78. The number of carbonyl (C=O) groups is 3. The molecule has 30 heavy (non-hydrogen) atoms. The standard InChI is InChI=1S/C20H21N3O6S/c1-21(2)30(27,28)15-9-10-16(23-12-19(25)22(3)20(23)26)18(11-15)29-13-17(24)14-7-5-4-6-8-14/h4-11H,12-13H2,1-3H3. The number of hydrogen-bond acceptors (Lipinski definition) is 6. The van der Waals surface area contributed by atoms with E-state index in [4.69, 9.17) is 4.74 Å². The number of amides is 3. The first-order valence-corrected chi connectivity index (χ1v) is 10.4. The van der Waals surface area contributed by atoms with Crippen LogP contribution < -0.4 is 9.64 Å². The van der Waals surface area contributed by atoms with Gasteiger partial charge in [-0.15, -0.1) is 0 Å². The molecule has 158 valence electrons. The Labute approximate surface area is 174 Å². The minimum Gasteiger partial charge on any atom is -0.483 e. The second kappa shape index (κ2) is 8.25. The number of anilines is 1. The predicted molar refractivity (Wildman–Crippen MR) is 109 cm³/mol. The topological polar surface area (TPSA) is 104 Å².